The van der Waals surface area contributed by atoms with Crippen molar-refractivity contribution in [3.8, 4) is 5.88 Å². The maximum Gasteiger partial charge on any atom is 0.252 e. The molecule has 1 aromatic heterocycles. The SMILES string of the molecule is CCOCCOc1nc(C)c(C)nc1Cl. The molecule has 15 heavy (non-hydrogen) atoms. The lowest BCUT2D eigenvalue weighted by Crippen LogP contribution is -2.08. The molecule has 0 spiro atoms. The highest BCUT2D eigenvalue weighted by Gasteiger charge is 2.07. The predicted octanol–water partition coefficient (Wildman–Crippen LogP) is 2.16. The molecule has 0 atom stereocenters. The number of aryl methyl sites for hydroxylation is 2. The topological polar surface area (TPSA) is 44.2 Å². The third-order valence-electron chi connectivity index (χ3n) is 1.91. The van der Waals surface area contributed by atoms with Crippen LogP contribution in [0.4, 0.5) is 0 Å². The first-order chi connectivity index (χ1) is 7.15. The molecule has 0 aliphatic heterocycles. The average Bonchev–Trinajstić information content (AvgIpc) is 2.20. The maximum absolute atomic E-state index is 5.87. The molecular weight excluding hydrogens is 216 g/mol. The molecule has 1 aromatic rings. The van der Waals surface area contributed by atoms with Gasteiger partial charge in [-0.15, -0.1) is 0 Å². The van der Waals surface area contributed by atoms with E-state index in [2.05, 4.69) is 9.97 Å². The zero-order chi connectivity index (χ0) is 11.3. The third-order valence-corrected chi connectivity index (χ3v) is 2.15. The van der Waals surface area contributed by atoms with E-state index in [1.807, 2.05) is 20.8 Å². The van der Waals surface area contributed by atoms with Gasteiger partial charge in [-0.25, -0.2) is 9.97 Å². The van der Waals surface area contributed by atoms with E-state index < -0.39 is 0 Å². The molecule has 0 N–H and O–H groups in total. The fraction of sp³-hybridized carbons (Fsp3) is 0.600. The lowest BCUT2D eigenvalue weighted by molar-refractivity contribution is 0.108. The van der Waals surface area contributed by atoms with Crippen LogP contribution in [0.5, 0.6) is 5.88 Å². The second kappa shape index (κ2) is 5.88. The molecule has 0 bridgehead atoms. The van der Waals surface area contributed by atoms with Gasteiger partial charge in [0, 0.05) is 6.61 Å². The number of ether oxygens (including phenoxy) is 2. The van der Waals surface area contributed by atoms with Crippen molar-refractivity contribution >= 4 is 11.6 Å². The monoisotopic (exact) mass is 230 g/mol. The molecule has 0 amide bonds. The van der Waals surface area contributed by atoms with Crippen molar-refractivity contribution in [2.75, 3.05) is 19.8 Å². The molecule has 0 unspecified atom stereocenters. The minimum Gasteiger partial charge on any atom is -0.473 e. The molecule has 0 aromatic carbocycles. The highest BCUT2D eigenvalue weighted by molar-refractivity contribution is 6.30. The summed E-state index contributed by atoms with van der Waals surface area (Å²) in [5, 5.41) is 0.301. The van der Waals surface area contributed by atoms with E-state index in [1.165, 1.54) is 0 Å². The Hall–Kier alpha value is -0.870. The Morgan fingerprint density at radius 1 is 1.13 bits per heavy atom. The molecule has 0 saturated heterocycles. The largest absolute Gasteiger partial charge is 0.473 e. The van der Waals surface area contributed by atoms with Gasteiger partial charge in [0.2, 0.25) is 0 Å². The number of nitrogens with zero attached hydrogens (tertiary/aromatic N) is 2. The molecule has 84 valence electrons. The van der Waals surface area contributed by atoms with E-state index in [1.54, 1.807) is 0 Å². The number of hydrogen-bond acceptors (Lipinski definition) is 4. The molecule has 0 radical (unpaired) electrons. The van der Waals surface area contributed by atoms with Crippen LogP contribution in [0.1, 0.15) is 18.3 Å². The van der Waals surface area contributed by atoms with Crippen molar-refractivity contribution in [2.24, 2.45) is 0 Å². The Balaban J connectivity index is 2.57. The standard InChI is InChI=1S/C10H15ClN2O2/c1-4-14-5-6-15-10-9(11)12-7(2)8(3)13-10/h4-6H2,1-3H3. The molecule has 0 aliphatic carbocycles. The molecule has 0 aliphatic rings. The Bertz CT molecular complexity index is 331. The van der Waals surface area contributed by atoms with Gasteiger partial charge in [0.15, 0.2) is 5.15 Å². The predicted molar refractivity (Wildman–Crippen MR) is 58.5 cm³/mol. The van der Waals surface area contributed by atoms with Crippen LogP contribution >= 0.6 is 11.6 Å². The van der Waals surface area contributed by atoms with Crippen LogP contribution < -0.4 is 4.74 Å². The fourth-order valence-corrected chi connectivity index (χ4v) is 1.21. The third kappa shape index (κ3) is 3.64. The Labute approximate surface area is 94.6 Å². The molecule has 0 saturated carbocycles. The first kappa shape index (κ1) is 12.2. The highest BCUT2D eigenvalue weighted by Crippen LogP contribution is 2.20. The quantitative estimate of drug-likeness (QED) is 0.728. The number of hydrogen-bond donors (Lipinski definition) is 0. The number of aromatic nitrogens is 2. The van der Waals surface area contributed by atoms with Crippen LogP contribution in [0.15, 0.2) is 0 Å². The average molecular weight is 231 g/mol. The summed E-state index contributed by atoms with van der Waals surface area (Å²) in [7, 11) is 0. The van der Waals surface area contributed by atoms with Gasteiger partial charge in [-0.3, -0.25) is 0 Å². The summed E-state index contributed by atoms with van der Waals surface area (Å²) in [6.07, 6.45) is 0. The lowest BCUT2D eigenvalue weighted by atomic mass is 10.3. The van der Waals surface area contributed by atoms with Crippen molar-refractivity contribution < 1.29 is 9.47 Å². The van der Waals surface area contributed by atoms with Crippen molar-refractivity contribution in [1.29, 1.82) is 0 Å². The van der Waals surface area contributed by atoms with Crippen LogP contribution in [0, 0.1) is 13.8 Å². The summed E-state index contributed by atoms with van der Waals surface area (Å²) in [5.41, 5.74) is 1.64. The van der Waals surface area contributed by atoms with E-state index >= 15 is 0 Å². The molecule has 5 heteroatoms. The summed E-state index contributed by atoms with van der Waals surface area (Å²) in [6.45, 7) is 7.30. The van der Waals surface area contributed by atoms with E-state index in [9.17, 15) is 0 Å². The minimum absolute atomic E-state index is 0.301. The van der Waals surface area contributed by atoms with Gasteiger partial charge in [0.05, 0.1) is 18.0 Å². The maximum atomic E-state index is 5.87. The normalized spacial score (nSPS) is 10.4. The van der Waals surface area contributed by atoms with Gasteiger partial charge >= 0.3 is 0 Å². The molecular formula is C10H15ClN2O2. The van der Waals surface area contributed by atoms with Gasteiger partial charge in [0.1, 0.15) is 6.61 Å². The minimum atomic E-state index is 0.301. The van der Waals surface area contributed by atoms with E-state index in [4.69, 9.17) is 21.1 Å². The first-order valence-corrected chi connectivity index (χ1v) is 5.24. The summed E-state index contributed by atoms with van der Waals surface area (Å²) < 4.78 is 10.5. The summed E-state index contributed by atoms with van der Waals surface area (Å²) in [5.74, 6) is 0.375. The van der Waals surface area contributed by atoms with Crippen molar-refractivity contribution in [1.82, 2.24) is 9.97 Å². The summed E-state index contributed by atoms with van der Waals surface area (Å²) in [4.78, 5) is 8.31. The van der Waals surface area contributed by atoms with E-state index in [0.29, 0.717) is 30.9 Å². The van der Waals surface area contributed by atoms with Gasteiger partial charge in [0.25, 0.3) is 5.88 Å². The summed E-state index contributed by atoms with van der Waals surface area (Å²) >= 11 is 5.87. The fourth-order valence-electron chi connectivity index (χ4n) is 0.989. The van der Waals surface area contributed by atoms with Crippen LogP contribution in [0.2, 0.25) is 5.15 Å². The van der Waals surface area contributed by atoms with Crippen LogP contribution in [-0.2, 0) is 4.74 Å². The number of rotatable bonds is 5. The Morgan fingerprint density at radius 2 is 1.80 bits per heavy atom. The van der Waals surface area contributed by atoms with Gasteiger partial charge in [-0.2, -0.15) is 0 Å². The van der Waals surface area contributed by atoms with Crippen molar-refractivity contribution in [3.63, 3.8) is 0 Å². The Kier molecular flexibility index (Phi) is 4.78. The van der Waals surface area contributed by atoms with Crippen molar-refractivity contribution in [3.05, 3.63) is 16.5 Å². The molecule has 1 heterocycles. The summed E-state index contributed by atoms with van der Waals surface area (Å²) in [6, 6.07) is 0. The van der Waals surface area contributed by atoms with Crippen LogP contribution in [0.25, 0.3) is 0 Å². The second-order valence-corrected chi connectivity index (χ2v) is 3.39. The molecule has 4 nitrogen and oxygen atoms in total. The first-order valence-electron chi connectivity index (χ1n) is 4.86. The Morgan fingerprint density at radius 3 is 2.47 bits per heavy atom. The van der Waals surface area contributed by atoms with Gasteiger partial charge in [-0.1, -0.05) is 11.6 Å². The van der Waals surface area contributed by atoms with Crippen LogP contribution in [-0.4, -0.2) is 29.8 Å². The van der Waals surface area contributed by atoms with Crippen LogP contribution in [0.3, 0.4) is 0 Å². The zero-order valence-corrected chi connectivity index (χ0v) is 9.97. The van der Waals surface area contributed by atoms with E-state index in [-0.39, 0.29) is 0 Å². The lowest BCUT2D eigenvalue weighted by Gasteiger charge is -2.08. The zero-order valence-electron chi connectivity index (χ0n) is 9.21. The molecule has 1 rings (SSSR count). The van der Waals surface area contributed by atoms with Crippen molar-refractivity contribution in [2.45, 2.75) is 20.8 Å². The molecule has 0 fully saturated rings. The van der Waals surface area contributed by atoms with Gasteiger partial charge in [-0.05, 0) is 20.8 Å². The highest BCUT2D eigenvalue weighted by atomic mass is 35.5. The van der Waals surface area contributed by atoms with Gasteiger partial charge < -0.3 is 9.47 Å². The smallest absolute Gasteiger partial charge is 0.252 e. The second-order valence-electron chi connectivity index (χ2n) is 3.04. The number of halogens is 1. The van der Waals surface area contributed by atoms with E-state index in [0.717, 1.165) is 11.4 Å².